The molecule has 0 nitrogen and oxygen atoms in total. The largest absolute Gasteiger partial charge is 0.0617 e. The minimum Gasteiger partial charge on any atom is -0.0617 e. The first-order chi connectivity index (χ1) is 18.2. The summed E-state index contributed by atoms with van der Waals surface area (Å²) in [6, 6.07) is 34.4. The van der Waals surface area contributed by atoms with Crippen molar-refractivity contribution in [2.45, 2.75) is 55.4 Å². The molecule has 0 unspecified atom stereocenters. The van der Waals surface area contributed by atoms with Crippen LogP contribution in [0, 0.1) is 67.5 Å². The van der Waals surface area contributed by atoms with Crippen molar-refractivity contribution in [2.24, 2.45) is 0 Å². The summed E-state index contributed by atoms with van der Waals surface area (Å²) in [5.41, 5.74) is 19.6. The quantitative estimate of drug-likeness (QED) is 0.234. The van der Waals surface area contributed by atoms with Gasteiger partial charge >= 0.3 is 0 Å². The zero-order chi connectivity index (χ0) is 27.1. The fraction of sp³-hybridized carbons (Fsp3) is 0.211. The molecule has 0 heteroatoms. The van der Waals surface area contributed by atoms with Crippen LogP contribution in [-0.4, -0.2) is 0 Å². The van der Waals surface area contributed by atoms with Gasteiger partial charge in [0.15, 0.2) is 0 Å². The van der Waals surface area contributed by atoms with E-state index in [1.54, 1.807) is 0 Å². The summed E-state index contributed by atoms with van der Waals surface area (Å²) in [6.07, 6.45) is 0. The molecule has 0 fully saturated rings. The van der Waals surface area contributed by atoms with Gasteiger partial charge in [0.1, 0.15) is 0 Å². The molecule has 0 spiro atoms. The normalized spacial score (nSPS) is 11.2. The van der Waals surface area contributed by atoms with Gasteiger partial charge in [-0.15, -0.1) is 0 Å². The summed E-state index contributed by atoms with van der Waals surface area (Å²) in [5.74, 6) is 0. The van der Waals surface area contributed by atoms with Gasteiger partial charge in [-0.05, 0) is 157 Å². The smallest absolute Gasteiger partial charge is 0.0000520 e. The van der Waals surface area contributed by atoms with Crippen LogP contribution in [0.25, 0.3) is 44.5 Å². The molecule has 5 aromatic carbocycles. The Bertz CT molecular complexity index is 1350. The number of hydrogen-bond acceptors (Lipinski definition) is 0. The number of aryl methyl sites for hydroxylation is 8. The minimum atomic E-state index is 1.13. The van der Waals surface area contributed by atoms with Crippen molar-refractivity contribution in [3.8, 4) is 44.5 Å². The van der Waals surface area contributed by atoms with Crippen LogP contribution in [0.3, 0.4) is 0 Å². The van der Waals surface area contributed by atoms with Crippen LogP contribution in [0.15, 0.2) is 72.8 Å². The topological polar surface area (TPSA) is 0 Å². The molecule has 0 aromatic heterocycles. The van der Waals surface area contributed by atoms with E-state index < -0.39 is 0 Å². The summed E-state index contributed by atoms with van der Waals surface area (Å²) >= 11 is 0. The van der Waals surface area contributed by atoms with Crippen LogP contribution < -0.4 is 0 Å². The van der Waals surface area contributed by atoms with Crippen molar-refractivity contribution in [1.29, 1.82) is 0 Å². The molecular weight excluding hydrogens is 456 g/mol. The highest BCUT2D eigenvalue weighted by Gasteiger charge is 2.23. The van der Waals surface area contributed by atoms with Gasteiger partial charge in [-0.2, -0.15) is 0 Å². The third kappa shape index (κ3) is 4.39. The van der Waals surface area contributed by atoms with E-state index in [1.165, 1.54) is 66.8 Å². The lowest BCUT2D eigenvalue weighted by molar-refractivity contribution is 1.33. The van der Waals surface area contributed by atoms with Crippen molar-refractivity contribution < 1.29 is 0 Å². The minimum absolute atomic E-state index is 1.13. The first kappa shape index (κ1) is 25.7. The predicted octanol–water partition coefficient (Wildman–Crippen LogP) is 10.4. The van der Waals surface area contributed by atoms with Gasteiger partial charge in [0.2, 0.25) is 0 Å². The number of benzene rings is 5. The zero-order valence-corrected chi connectivity index (χ0v) is 23.9. The molecule has 0 amide bonds. The lowest BCUT2D eigenvalue weighted by Gasteiger charge is -2.24. The summed E-state index contributed by atoms with van der Waals surface area (Å²) < 4.78 is 0. The van der Waals surface area contributed by atoms with Gasteiger partial charge in [0.25, 0.3) is 0 Å². The zero-order valence-electron chi connectivity index (χ0n) is 23.9. The van der Waals surface area contributed by atoms with Crippen LogP contribution >= 0.6 is 0 Å². The van der Waals surface area contributed by atoms with Crippen LogP contribution in [0.2, 0.25) is 0 Å². The van der Waals surface area contributed by atoms with Gasteiger partial charge in [-0.1, -0.05) is 72.8 Å². The maximum absolute atomic E-state index is 4.05. The van der Waals surface area contributed by atoms with Crippen molar-refractivity contribution >= 4 is 0 Å². The van der Waals surface area contributed by atoms with Gasteiger partial charge in [-0.25, -0.2) is 0 Å². The van der Waals surface area contributed by atoms with Crippen LogP contribution in [0.5, 0.6) is 0 Å². The number of rotatable bonds is 4. The fourth-order valence-corrected chi connectivity index (χ4v) is 6.09. The molecule has 2 radical (unpaired) electrons. The highest BCUT2D eigenvalue weighted by molar-refractivity contribution is 5.98. The Hall–Kier alpha value is -3.90. The molecular formula is C38H36. The average molecular weight is 493 g/mol. The van der Waals surface area contributed by atoms with E-state index in [4.69, 9.17) is 0 Å². The van der Waals surface area contributed by atoms with Gasteiger partial charge in [-0.3, -0.25) is 0 Å². The third-order valence-electron chi connectivity index (χ3n) is 7.92. The molecule has 38 heavy (non-hydrogen) atoms. The van der Waals surface area contributed by atoms with Crippen LogP contribution in [-0.2, 0) is 0 Å². The SMILES string of the molecule is Cc1cccc(C)c1-c1[c]c(-c2c(C)cccc2C)c(-c2c(C)cccc2C)[c]c1-c1c(C)cccc1C. The summed E-state index contributed by atoms with van der Waals surface area (Å²) in [4.78, 5) is 0. The second-order valence-corrected chi connectivity index (χ2v) is 10.8. The molecule has 0 bridgehead atoms. The average Bonchev–Trinajstić information content (AvgIpc) is 2.85. The number of hydrogen-bond donors (Lipinski definition) is 0. The summed E-state index contributed by atoms with van der Waals surface area (Å²) in [5, 5.41) is 0. The molecule has 0 aliphatic rings. The molecule has 5 rings (SSSR count). The predicted molar refractivity (Wildman–Crippen MR) is 164 cm³/mol. The van der Waals surface area contributed by atoms with E-state index in [9.17, 15) is 0 Å². The molecule has 0 atom stereocenters. The second-order valence-electron chi connectivity index (χ2n) is 10.8. The van der Waals surface area contributed by atoms with E-state index in [1.807, 2.05) is 0 Å². The highest BCUT2D eigenvalue weighted by Crippen LogP contribution is 2.46. The van der Waals surface area contributed by atoms with Crippen molar-refractivity contribution in [3.63, 3.8) is 0 Å². The molecule has 0 saturated carbocycles. The third-order valence-corrected chi connectivity index (χ3v) is 7.92. The molecule has 0 saturated heterocycles. The van der Waals surface area contributed by atoms with E-state index in [0.717, 1.165) is 22.3 Å². The first-order valence-electron chi connectivity index (χ1n) is 13.5. The highest BCUT2D eigenvalue weighted by atomic mass is 14.3. The van der Waals surface area contributed by atoms with E-state index in [-0.39, 0.29) is 0 Å². The maximum atomic E-state index is 4.05. The maximum Gasteiger partial charge on any atom is -0.0000520 e. The van der Waals surface area contributed by atoms with Crippen molar-refractivity contribution in [3.05, 3.63) is 129 Å². The Morgan fingerprint density at radius 1 is 0.289 bits per heavy atom. The lowest BCUT2D eigenvalue weighted by Crippen LogP contribution is -2.01. The monoisotopic (exact) mass is 492 g/mol. The van der Waals surface area contributed by atoms with Crippen molar-refractivity contribution in [1.82, 2.24) is 0 Å². The van der Waals surface area contributed by atoms with Crippen LogP contribution in [0.4, 0.5) is 0 Å². The summed E-state index contributed by atoms with van der Waals surface area (Å²) in [6.45, 7) is 17.7. The standard InChI is InChI=1S/C38H36/c1-23-13-9-14-24(2)35(23)31-21-33(37-27(5)17-11-18-28(37)6)34(38-29(7)19-12-20-30(38)8)22-32(31)36-25(3)15-10-16-26(36)4/h9-20H,1-8H3. The van der Waals surface area contributed by atoms with Crippen molar-refractivity contribution in [2.75, 3.05) is 0 Å². The Balaban J connectivity index is 2.03. The Morgan fingerprint density at radius 3 is 0.605 bits per heavy atom. The van der Waals surface area contributed by atoms with Gasteiger partial charge in [0, 0.05) is 0 Å². The van der Waals surface area contributed by atoms with E-state index in [0.29, 0.717) is 0 Å². The second kappa shape index (κ2) is 10.1. The van der Waals surface area contributed by atoms with Gasteiger partial charge in [0.05, 0.1) is 0 Å². The Kier molecular flexibility index (Phi) is 6.84. The first-order valence-corrected chi connectivity index (χ1v) is 13.5. The van der Waals surface area contributed by atoms with E-state index in [2.05, 4.69) is 140 Å². The Morgan fingerprint density at radius 2 is 0.447 bits per heavy atom. The Labute approximate surface area is 229 Å². The molecule has 0 N–H and O–H groups in total. The molecule has 188 valence electrons. The molecule has 0 heterocycles. The van der Waals surface area contributed by atoms with E-state index >= 15 is 0 Å². The molecule has 0 aliphatic heterocycles. The lowest BCUT2D eigenvalue weighted by atomic mass is 9.79. The van der Waals surface area contributed by atoms with Gasteiger partial charge < -0.3 is 0 Å². The molecule has 5 aromatic rings. The van der Waals surface area contributed by atoms with Crippen LogP contribution in [0.1, 0.15) is 44.5 Å². The fourth-order valence-electron chi connectivity index (χ4n) is 6.09. The summed E-state index contributed by atoms with van der Waals surface area (Å²) in [7, 11) is 0. The molecule has 0 aliphatic carbocycles.